The van der Waals surface area contributed by atoms with E-state index in [9.17, 15) is 4.79 Å². The molecule has 3 heterocycles. The second-order valence-corrected chi connectivity index (χ2v) is 7.25. The largest absolute Gasteiger partial charge is 0.355 e. The topological polar surface area (TPSA) is 75.4 Å². The van der Waals surface area contributed by atoms with Crippen molar-refractivity contribution in [1.29, 1.82) is 0 Å². The van der Waals surface area contributed by atoms with E-state index in [0.29, 0.717) is 11.8 Å². The molecule has 7 nitrogen and oxygen atoms in total. The van der Waals surface area contributed by atoms with Crippen LogP contribution in [0.15, 0.2) is 6.33 Å². The SMILES string of the molecule is O=C(NC1CC1)[C@@H]1CCCN(c2c3c(nc4ncnn24)CCC3)C1. The highest BCUT2D eigenvalue weighted by Crippen LogP contribution is 2.33. The van der Waals surface area contributed by atoms with Crippen LogP contribution in [0.1, 0.15) is 43.4 Å². The van der Waals surface area contributed by atoms with Gasteiger partial charge in [0.25, 0.3) is 5.78 Å². The summed E-state index contributed by atoms with van der Waals surface area (Å²) in [6, 6.07) is 0.431. The van der Waals surface area contributed by atoms with Crippen LogP contribution in [0.25, 0.3) is 5.78 Å². The van der Waals surface area contributed by atoms with E-state index in [2.05, 4.69) is 25.3 Å². The van der Waals surface area contributed by atoms with Crippen molar-refractivity contribution in [2.45, 2.75) is 51.0 Å². The number of anilines is 1. The van der Waals surface area contributed by atoms with Crippen LogP contribution in [-0.2, 0) is 17.6 Å². The van der Waals surface area contributed by atoms with E-state index in [0.717, 1.165) is 69.5 Å². The molecule has 0 spiro atoms. The quantitative estimate of drug-likeness (QED) is 0.914. The molecule has 1 aliphatic heterocycles. The number of carbonyl (C=O) groups is 1. The minimum absolute atomic E-state index is 0.0724. The fourth-order valence-corrected chi connectivity index (χ4v) is 4.06. The molecule has 3 aliphatic rings. The van der Waals surface area contributed by atoms with Gasteiger partial charge in [0.1, 0.15) is 12.1 Å². The number of aromatic nitrogens is 4. The molecule has 2 aliphatic carbocycles. The second-order valence-electron chi connectivity index (χ2n) is 7.25. The molecule has 0 unspecified atom stereocenters. The maximum atomic E-state index is 12.5. The molecule has 24 heavy (non-hydrogen) atoms. The first-order valence-electron chi connectivity index (χ1n) is 9.06. The summed E-state index contributed by atoms with van der Waals surface area (Å²) in [7, 11) is 0. The summed E-state index contributed by atoms with van der Waals surface area (Å²) in [5.74, 6) is 2.09. The highest BCUT2D eigenvalue weighted by Gasteiger charge is 2.33. The zero-order valence-electron chi connectivity index (χ0n) is 13.7. The molecule has 1 atom stereocenters. The first-order chi connectivity index (χ1) is 11.8. The van der Waals surface area contributed by atoms with Gasteiger partial charge in [-0.3, -0.25) is 4.79 Å². The van der Waals surface area contributed by atoms with E-state index in [4.69, 9.17) is 0 Å². The Morgan fingerprint density at radius 1 is 1.21 bits per heavy atom. The summed E-state index contributed by atoms with van der Waals surface area (Å²) in [6.45, 7) is 1.74. The smallest absolute Gasteiger partial charge is 0.254 e. The predicted octanol–water partition coefficient (Wildman–Crippen LogP) is 1.11. The number of fused-ring (bicyclic) bond motifs is 2. The Hall–Kier alpha value is -2.18. The van der Waals surface area contributed by atoms with Gasteiger partial charge in [-0.1, -0.05) is 0 Å². The third-order valence-corrected chi connectivity index (χ3v) is 5.44. The van der Waals surface area contributed by atoms with Gasteiger partial charge in [-0.2, -0.15) is 14.6 Å². The Kier molecular flexibility index (Phi) is 3.21. The molecule has 126 valence electrons. The lowest BCUT2D eigenvalue weighted by Crippen LogP contribution is -2.44. The number of amides is 1. The summed E-state index contributed by atoms with van der Waals surface area (Å²) in [5.41, 5.74) is 2.46. The molecule has 7 heteroatoms. The van der Waals surface area contributed by atoms with Crippen LogP contribution in [0.5, 0.6) is 0 Å². The lowest BCUT2D eigenvalue weighted by molar-refractivity contribution is -0.125. The molecule has 2 aromatic rings. The maximum Gasteiger partial charge on any atom is 0.254 e. The van der Waals surface area contributed by atoms with Crippen LogP contribution < -0.4 is 10.2 Å². The molecule has 1 saturated heterocycles. The fourth-order valence-electron chi connectivity index (χ4n) is 4.06. The molecule has 0 bridgehead atoms. The lowest BCUT2D eigenvalue weighted by atomic mass is 9.96. The number of nitrogens with one attached hydrogen (secondary N) is 1. The van der Waals surface area contributed by atoms with E-state index in [1.54, 1.807) is 6.33 Å². The molecule has 2 aromatic heterocycles. The van der Waals surface area contributed by atoms with Crippen molar-refractivity contribution in [3.05, 3.63) is 17.6 Å². The molecule has 1 amide bonds. The molecule has 1 saturated carbocycles. The van der Waals surface area contributed by atoms with E-state index >= 15 is 0 Å². The summed E-state index contributed by atoms with van der Waals surface area (Å²) < 4.78 is 1.87. The third kappa shape index (κ3) is 2.34. The molecule has 0 radical (unpaired) electrons. The van der Waals surface area contributed by atoms with Gasteiger partial charge in [0.2, 0.25) is 5.91 Å². The van der Waals surface area contributed by atoms with E-state index in [1.165, 1.54) is 5.56 Å². The Labute approximate surface area is 140 Å². The first-order valence-corrected chi connectivity index (χ1v) is 9.06. The van der Waals surface area contributed by atoms with Crippen molar-refractivity contribution in [2.75, 3.05) is 18.0 Å². The monoisotopic (exact) mass is 326 g/mol. The second kappa shape index (κ2) is 5.43. The third-order valence-electron chi connectivity index (χ3n) is 5.44. The Morgan fingerprint density at radius 2 is 2.12 bits per heavy atom. The van der Waals surface area contributed by atoms with Crippen molar-refractivity contribution < 1.29 is 4.79 Å². The Morgan fingerprint density at radius 3 is 3.00 bits per heavy atom. The highest BCUT2D eigenvalue weighted by molar-refractivity contribution is 5.80. The van der Waals surface area contributed by atoms with Crippen molar-refractivity contribution in [3.63, 3.8) is 0 Å². The first kappa shape index (κ1) is 14.2. The lowest BCUT2D eigenvalue weighted by Gasteiger charge is -2.34. The van der Waals surface area contributed by atoms with Gasteiger partial charge >= 0.3 is 0 Å². The zero-order valence-corrected chi connectivity index (χ0v) is 13.7. The van der Waals surface area contributed by atoms with Crippen LogP contribution >= 0.6 is 0 Å². The molecular formula is C17H22N6O. The maximum absolute atomic E-state index is 12.5. The number of nitrogens with zero attached hydrogens (tertiary/aromatic N) is 5. The van der Waals surface area contributed by atoms with Crippen LogP contribution in [0.2, 0.25) is 0 Å². The van der Waals surface area contributed by atoms with Gasteiger partial charge in [0.05, 0.1) is 11.6 Å². The standard InChI is InChI=1S/C17H22N6O/c24-15(20-12-6-7-12)11-3-2-8-22(9-11)16-13-4-1-5-14(13)21-17-18-10-19-23(16)17/h10-12H,1-9H2,(H,20,24)/t11-/m1/s1. The van der Waals surface area contributed by atoms with Crippen LogP contribution in [-0.4, -0.2) is 44.6 Å². The molecular weight excluding hydrogens is 304 g/mol. The molecule has 5 rings (SSSR count). The van der Waals surface area contributed by atoms with Crippen LogP contribution in [0, 0.1) is 5.92 Å². The minimum atomic E-state index is 0.0724. The average Bonchev–Trinajstić information content (AvgIpc) is 3.09. The number of hydrogen-bond acceptors (Lipinski definition) is 5. The summed E-state index contributed by atoms with van der Waals surface area (Å²) >= 11 is 0. The summed E-state index contributed by atoms with van der Waals surface area (Å²) in [6.07, 6.45) is 9.07. The van der Waals surface area contributed by atoms with Crippen molar-refractivity contribution >= 4 is 17.5 Å². The van der Waals surface area contributed by atoms with Crippen LogP contribution in [0.3, 0.4) is 0 Å². The number of aryl methyl sites for hydroxylation is 1. The van der Waals surface area contributed by atoms with Gasteiger partial charge in [-0.15, -0.1) is 0 Å². The van der Waals surface area contributed by atoms with Gasteiger partial charge < -0.3 is 10.2 Å². The number of carbonyl (C=O) groups excluding carboxylic acids is 1. The normalized spacial score (nSPS) is 23.5. The van der Waals surface area contributed by atoms with E-state index < -0.39 is 0 Å². The van der Waals surface area contributed by atoms with Gasteiger partial charge in [-0.05, 0) is 44.9 Å². The zero-order chi connectivity index (χ0) is 16.1. The molecule has 2 fully saturated rings. The predicted molar refractivity (Wildman–Crippen MR) is 88.9 cm³/mol. The van der Waals surface area contributed by atoms with Crippen molar-refractivity contribution in [3.8, 4) is 0 Å². The number of hydrogen-bond donors (Lipinski definition) is 1. The Balaban J connectivity index is 1.48. The summed E-state index contributed by atoms with van der Waals surface area (Å²) in [5, 5.41) is 7.57. The molecule has 0 aromatic carbocycles. The highest BCUT2D eigenvalue weighted by atomic mass is 16.2. The average molecular weight is 326 g/mol. The van der Waals surface area contributed by atoms with Crippen molar-refractivity contribution in [2.24, 2.45) is 5.92 Å². The van der Waals surface area contributed by atoms with E-state index in [-0.39, 0.29) is 11.8 Å². The van der Waals surface area contributed by atoms with Gasteiger partial charge in [0, 0.05) is 24.7 Å². The summed E-state index contributed by atoms with van der Waals surface area (Å²) in [4.78, 5) is 23.8. The molecule has 1 N–H and O–H groups in total. The van der Waals surface area contributed by atoms with Gasteiger partial charge in [-0.25, -0.2) is 4.98 Å². The van der Waals surface area contributed by atoms with Gasteiger partial charge in [0.15, 0.2) is 0 Å². The number of piperidine rings is 1. The fraction of sp³-hybridized carbons (Fsp3) is 0.647. The van der Waals surface area contributed by atoms with Crippen LogP contribution in [0.4, 0.5) is 5.82 Å². The van der Waals surface area contributed by atoms with E-state index in [1.807, 2.05) is 4.52 Å². The number of rotatable bonds is 3. The van der Waals surface area contributed by atoms with Crippen molar-refractivity contribution in [1.82, 2.24) is 24.9 Å². The Bertz CT molecular complexity index is 796. The minimum Gasteiger partial charge on any atom is -0.355 e.